The lowest BCUT2D eigenvalue weighted by Crippen LogP contribution is -2.42. The number of nitrogens with zero attached hydrogens (tertiary/aromatic N) is 2. The second-order valence-corrected chi connectivity index (χ2v) is 16.0. The van der Waals surface area contributed by atoms with Gasteiger partial charge in [-0.1, -0.05) is 97.0 Å². The van der Waals surface area contributed by atoms with Gasteiger partial charge < -0.3 is 24.1 Å². The second-order valence-electron chi connectivity index (χ2n) is 12.7. The summed E-state index contributed by atoms with van der Waals surface area (Å²) in [4.78, 5) is 26.6. The van der Waals surface area contributed by atoms with E-state index in [0.717, 1.165) is 16.7 Å². The van der Waals surface area contributed by atoms with Gasteiger partial charge in [-0.25, -0.2) is 4.79 Å². The Hall–Kier alpha value is -3.48. The number of methoxy groups -OCH3 is 2. The van der Waals surface area contributed by atoms with E-state index >= 15 is 0 Å². The van der Waals surface area contributed by atoms with Crippen molar-refractivity contribution in [2.75, 3.05) is 26.6 Å². The fourth-order valence-electron chi connectivity index (χ4n) is 5.83. The van der Waals surface area contributed by atoms with Crippen LogP contribution in [0.4, 0.5) is 0 Å². The van der Waals surface area contributed by atoms with Crippen LogP contribution in [-0.4, -0.2) is 57.8 Å². The summed E-state index contributed by atoms with van der Waals surface area (Å²) < 4.78 is 27.0. The number of aromatic nitrogens is 2. The molecule has 1 aromatic heterocycles. The minimum Gasteiger partial charge on any atom is -0.497 e. The number of ether oxygens (including phenoxy) is 4. The van der Waals surface area contributed by atoms with E-state index in [2.05, 4.69) is 20.8 Å². The van der Waals surface area contributed by atoms with Gasteiger partial charge in [0.15, 0.2) is 0 Å². The van der Waals surface area contributed by atoms with Crippen LogP contribution in [0, 0.1) is 6.92 Å². The number of hydrogen-bond donors (Lipinski definition) is 1. The minimum absolute atomic E-state index is 0.0126. The molecule has 1 N–H and O–H groups in total. The quantitative estimate of drug-likeness (QED) is 0.100. The summed E-state index contributed by atoms with van der Waals surface area (Å²) in [6.07, 6.45) is -0.732. The maximum absolute atomic E-state index is 13.6. The average molecular weight is 693 g/mol. The smallest absolute Gasteiger partial charge is 0.333 e. The number of benzene rings is 3. The van der Waals surface area contributed by atoms with E-state index in [-0.39, 0.29) is 29.9 Å². The normalized spacial score (nSPS) is 18.2. The Labute approximate surface area is 289 Å². The Morgan fingerprint density at radius 1 is 0.875 bits per heavy atom. The first-order valence-corrected chi connectivity index (χ1v) is 18.2. The van der Waals surface area contributed by atoms with E-state index in [0.29, 0.717) is 22.8 Å². The molecule has 1 fully saturated rings. The third-order valence-corrected chi connectivity index (χ3v) is 11.5. The summed E-state index contributed by atoms with van der Waals surface area (Å²) in [5.74, 6) is 2.02. The van der Waals surface area contributed by atoms with E-state index in [1.165, 1.54) is 15.3 Å². The van der Waals surface area contributed by atoms with Gasteiger partial charge in [0.25, 0.3) is 5.56 Å². The topological polar surface area (TPSA) is 101 Å². The standard InChI is InChI=1S/C37H44N2O7S2/c1-25-23-39(35(42)38(34(25)41)20-21-47-48-36(2,3)4)33-22-31(40)32(46-33)24-45-37(26-10-8-7-9-11-26,27-12-16-29(43-5)17-13-27)28-14-18-30(44-6)19-15-28/h7-19,23,31-33,40H,20-22,24H2,1-6H3/t31-,32+,33+/m0/s1. The predicted molar refractivity (Wildman–Crippen MR) is 192 cm³/mol. The molecule has 11 heteroatoms. The first kappa shape index (κ1) is 35.8. The molecule has 0 unspecified atom stereocenters. The van der Waals surface area contributed by atoms with Crippen LogP contribution in [0.2, 0.25) is 0 Å². The zero-order valence-corrected chi connectivity index (χ0v) is 29.9. The molecule has 0 amide bonds. The van der Waals surface area contributed by atoms with Crippen molar-refractivity contribution in [2.45, 2.75) is 69.4 Å². The SMILES string of the molecule is COc1ccc(C(OC[C@H]2O[C@@H](n3cc(C)c(=O)n(CCSSC(C)(C)C)c3=O)C[C@@H]2O)(c2ccccc2)c2ccc(OC)cc2)cc1. The van der Waals surface area contributed by atoms with E-state index in [1.54, 1.807) is 42.7 Å². The van der Waals surface area contributed by atoms with Crippen LogP contribution in [0.15, 0.2) is 94.6 Å². The minimum atomic E-state index is -1.09. The average Bonchev–Trinajstić information content (AvgIpc) is 3.46. The van der Waals surface area contributed by atoms with Crippen molar-refractivity contribution in [3.05, 3.63) is 128 Å². The van der Waals surface area contributed by atoms with Crippen LogP contribution in [-0.2, 0) is 21.6 Å². The first-order valence-electron chi connectivity index (χ1n) is 15.9. The largest absolute Gasteiger partial charge is 0.497 e. The van der Waals surface area contributed by atoms with Gasteiger partial charge >= 0.3 is 5.69 Å². The molecule has 3 aromatic carbocycles. The van der Waals surface area contributed by atoms with Crippen molar-refractivity contribution in [3.8, 4) is 11.5 Å². The van der Waals surface area contributed by atoms with Crippen LogP contribution >= 0.6 is 21.6 Å². The Morgan fingerprint density at radius 2 is 1.44 bits per heavy atom. The van der Waals surface area contributed by atoms with Crippen LogP contribution < -0.4 is 20.7 Å². The molecule has 4 aromatic rings. The number of hydrogen-bond acceptors (Lipinski definition) is 9. The van der Waals surface area contributed by atoms with Crippen molar-refractivity contribution in [1.82, 2.24) is 9.13 Å². The van der Waals surface area contributed by atoms with E-state index < -0.39 is 29.7 Å². The Balaban J connectivity index is 1.45. The number of aliphatic hydroxyl groups is 1. The highest BCUT2D eigenvalue weighted by Gasteiger charge is 2.42. The van der Waals surface area contributed by atoms with Crippen molar-refractivity contribution < 1.29 is 24.1 Å². The van der Waals surface area contributed by atoms with Crippen molar-refractivity contribution in [3.63, 3.8) is 0 Å². The molecule has 0 saturated carbocycles. The zero-order chi connectivity index (χ0) is 34.5. The molecule has 0 aliphatic carbocycles. The third kappa shape index (κ3) is 7.87. The molecule has 2 heterocycles. The van der Waals surface area contributed by atoms with Gasteiger partial charge in [0.2, 0.25) is 0 Å². The van der Waals surface area contributed by atoms with Crippen molar-refractivity contribution in [1.29, 1.82) is 0 Å². The zero-order valence-electron chi connectivity index (χ0n) is 28.3. The molecular formula is C37H44N2O7S2. The molecule has 9 nitrogen and oxygen atoms in total. The summed E-state index contributed by atoms with van der Waals surface area (Å²) in [6.45, 7) is 8.35. The fourth-order valence-corrected chi connectivity index (χ4v) is 8.05. The molecular weight excluding hydrogens is 649 g/mol. The summed E-state index contributed by atoms with van der Waals surface area (Å²) >= 11 is 0. The van der Waals surface area contributed by atoms with Gasteiger partial charge in [0, 0.05) is 35.2 Å². The van der Waals surface area contributed by atoms with Gasteiger partial charge in [-0.3, -0.25) is 13.9 Å². The maximum atomic E-state index is 13.6. The molecule has 0 spiro atoms. The van der Waals surface area contributed by atoms with Crippen molar-refractivity contribution >= 4 is 21.6 Å². The molecule has 256 valence electrons. The first-order chi connectivity index (χ1) is 23.0. The Bertz CT molecular complexity index is 1720. The molecule has 1 aliphatic rings. The van der Waals surface area contributed by atoms with E-state index in [9.17, 15) is 14.7 Å². The maximum Gasteiger partial charge on any atom is 0.333 e. The summed E-state index contributed by atoms with van der Waals surface area (Å²) in [5.41, 5.74) is 1.15. The molecule has 3 atom stereocenters. The van der Waals surface area contributed by atoms with Gasteiger partial charge in [-0.15, -0.1) is 0 Å². The van der Waals surface area contributed by atoms with Gasteiger partial charge in [-0.05, 0) is 47.9 Å². The van der Waals surface area contributed by atoms with E-state index in [1.807, 2.05) is 78.9 Å². The molecule has 0 bridgehead atoms. The van der Waals surface area contributed by atoms with E-state index in [4.69, 9.17) is 18.9 Å². The lowest BCUT2D eigenvalue weighted by molar-refractivity contribution is -0.0946. The summed E-state index contributed by atoms with van der Waals surface area (Å²) in [5, 5.41) is 11.3. The monoisotopic (exact) mass is 692 g/mol. The fraction of sp³-hybridized carbons (Fsp3) is 0.405. The Kier molecular flexibility index (Phi) is 11.5. The highest BCUT2D eigenvalue weighted by atomic mass is 33.1. The van der Waals surface area contributed by atoms with Gasteiger partial charge in [-0.2, -0.15) is 0 Å². The molecule has 5 rings (SSSR count). The number of rotatable bonds is 13. The summed E-state index contributed by atoms with van der Waals surface area (Å²) in [7, 11) is 6.59. The van der Waals surface area contributed by atoms with Gasteiger partial charge in [0.1, 0.15) is 29.4 Å². The highest BCUT2D eigenvalue weighted by molar-refractivity contribution is 8.77. The van der Waals surface area contributed by atoms with Gasteiger partial charge in [0.05, 0.1) is 26.9 Å². The second kappa shape index (κ2) is 15.4. The Morgan fingerprint density at radius 3 is 1.98 bits per heavy atom. The predicted octanol–water partition coefficient (Wildman–Crippen LogP) is 6.17. The van der Waals surface area contributed by atoms with Crippen LogP contribution in [0.3, 0.4) is 0 Å². The lowest BCUT2D eigenvalue weighted by atomic mass is 9.80. The number of aliphatic hydroxyl groups excluding tert-OH is 1. The van der Waals surface area contributed by atoms with Crippen LogP contribution in [0.5, 0.6) is 11.5 Å². The highest BCUT2D eigenvalue weighted by Crippen LogP contribution is 2.43. The molecule has 1 saturated heterocycles. The van der Waals surface area contributed by atoms with Crippen molar-refractivity contribution in [2.24, 2.45) is 0 Å². The van der Waals surface area contributed by atoms with Crippen LogP contribution in [0.25, 0.3) is 0 Å². The number of aryl methyl sites for hydroxylation is 1. The molecule has 48 heavy (non-hydrogen) atoms. The molecule has 1 aliphatic heterocycles. The lowest BCUT2D eigenvalue weighted by Gasteiger charge is -2.37. The molecule has 0 radical (unpaired) electrons. The third-order valence-electron chi connectivity index (χ3n) is 8.23. The van der Waals surface area contributed by atoms with Crippen LogP contribution in [0.1, 0.15) is 55.7 Å². The summed E-state index contributed by atoms with van der Waals surface area (Å²) in [6, 6.07) is 25.3.